The number of aromatic nitrogens is 2. The summed E-state index contributed by atoms with van der Waals surface area (Å²) >= 11 is 0. The van der Waals surface area contributed by atoms with Gasteiger partial charge >= 0.3 is 0 Å². The van der Waals surface area contributed by atoms with Gasteiger partial charge < -0.3 is 9.64 Å². The van der Waals surface area contributed by atoms with Crippen LogP contribution in [-0.4, -0.2) is 27.6 Å². The van der Waals surface area contributed by atoms with Crippen LogP contribution in [-0.2, 0) is 13.6 Å². The summed E-state index contributed by atoms with van der Waals surface area (Å²) in [6.07, 6.45) is 1.76. The first-order valence-electron chi connectivity index (χ1n) is 7.69. The van der Waals surface area contributed by atoms with Crippen molar-refractivity contribution >= 4 is 5.91 Å². The van der Waals surface area contributed by atoms with Crippen molar-refractivity contribution in [3.63, 3.8) is 0 Å². The molecule has 0 aliphatic heterocycles. The van der Waals surface area contributed by atoms with Crippen LogP contribution >= 0.6 is 0 Å². The van der Waals surface area contributed by atoms with Crippen molar-refractivity contribution in [1.82, 2.24) is 14.7 Å². The van der Waals surface area contributed by atoms with E-state index in [-0.39, 0.29) is 5.91 Å². The fourth-order valence-electron chi connectivity index (χ4n) is 2.36. The van der Waals surface area contributed by atoms with Crippen molar-refractivity contribution in [1.29, 1.82) is 0 Å². The third-order valence-electron chi connectivity index (χ3n) is 3.60. The molecular weight excluding hydrogens is 302 g/mol. The molecule has 1 aromatic heterocycles. The third kappa shape index (κ3) is 3.81. The number of rotatable bonds is 5. The lowest BCUT2D eigenvalue weighted by Gasteiger charge is -2.16. The van der Waals surface area contributed by atoms with Gasteiger partial charge in [-0.3, -0.25) is 9.48 Å². The quantitative estimate of drug-likeness (QED) is 0.723. The molecule has 122 valence electrons. The molecular formula is C19H19N3O2. The van der Waals surface area contributed by atoms with E-state index in [0.29, 0.717) is 12.2 Å². The fourth-order valence-corrected chi connectivity index (χ4v) is 2.36. The smallest absolute Gasteiger partial charge is 0.274 e. The van der Waals surface area contributed by atoms with Crippen molar-refractivity contribution in [2.24, 2.45) is 7.05 Å². The highest BCUT2D eigenvalue weighted by molar-refractivity contribution is 5.91. The van der Waals surface area contributed by atoms with Gasteiger partial charge in [-0.15, -0.1) is 0 Å². The van der Waals surface area contributed by atoms with Crippen molar-refractivity contribution in [3.05, 3.63) is 78.1 Å². The summed E-state index contributed by atoms with van der Waals surface area (Å²) in [7, 11) is 3.56. The predicted molar refractivity (Wildman–Crippen MR) is 92.0 cm³/mol. The molecule has 0 fully saturated rings. The molecule has 0 N–H and O–H groups in total. The Kier molecular flexibility index (Phi) is 4.61. The molecule has 0 aliphatic carbocycles. The number of benzene rings is 2. The maximum Gasteiger partial charge on any atom is 0.274 e. The summed E-state index contributed by atoms with van der Waals surface area (Å²) in [5, 5.41) is 4.14. The van der Waals surface area contributed by atoms with Gasteiger partial charge in [0.05, 0.1) is 0 Å². The van der Waals surface area contributed by atoms with Crippen LogP contribution in [0.4, 0.5) is 0 Å². The molecule has 0 saturated heterocycles. The van der Waals surface area contributed by atoms with Gasteiger partial charge in [-0.05, 0) is 35.9 Å². The fraction of sp³-hybridized carbons (Fsp3) is 0.158. The van der Waals surface area contributed by atoms with Crippen LogP contribution in [0, 0.1) is 0 Å². The van der Waals surface area contributed by atoms with E-state index in [1.165, 1.54) is 0 Å². The number of nitrogens with zero attached hydrogens (tertiary/aromatic N) is 3. The van der Waals surface area contributed by atoms with Crippen LogP contribution in [0.1, 0.15) is 16.1 Å². The Labute approximate surface area is 141 Å². The zero-order chi connectivity index (χ0) is 16.9. The number of para-hydroxylation sites is 1. The molecule has 0 spiro atoms. The van der Waals surface area contributed by atoms with Crippen LogP contribution in [0.15, 0.2) is 66.9 Å². The van der Waals surface area contributed by atoms with E-state index in [1.807, 2.05) is 54.6 Å². The summed E-state index contributed by atoms with van der Waals surface area (Å²) in [5.41, 5.74) is 1.48. The molecule has 3 aromatic rings. The Morgan fingerprint density at radius 1 is 1.04 bits per heavy atom. The van der Waals surface area contributed by atoms with Gasteiger partial charge in [-0.25, -0.2) is 0 Å². The first-order chi connectivity index (χ1) is 11.6. The Balaban J connectivity index is 1.62. The molecule has 0 saturated carbocycles. The lowest BCUT2D eigenvalue weighted by Crippen LogP contribution is -2.26. The van der Waals surface area contributed by atoms with Crippen molar-refractivity contribution in [2.75, 3.05) is 7.05 Å². The number of hydrogen-bond donors (Lipinski definition) is 0. The monoisotopic (exact) mass is 321 g/mol. The second-order valence-corrected chi connectivity index (χ2v) is 5.59. The molecule has 0 radical (unpaired) electrons. The first-order valence-corrected chi connectivity index (χ1v) is 7.69. The maximum atomic E-state index is 12.3. The van der Waals surface area contributed by atoms with E-state index in [2.05, 4.69) is 5.10 Å². The highest BCUT2D eigenvalue weighted by atomic mass is 16.5. The summed E-state index contributed by atoms with van der Waals surface area (Å²) < 4.78 is 7.39. The molecule has 3 rings (SSSR count). The van der Waals surface area contributed by atoms with Gasteiger partial charge in [0.25, 0.3) is 5.91 Å². The Morgan fingerprint density at radius 2 is 1.71 bits per heavy atom. The van der Waals surface area contributed by atoms with E-state index in [4.69, 9.17) is 4.74 Å². The van der Waals surface area contributed by atoms with Gasteiger partial charge in [0.2, 0.25) is 0 Å². The van der Waals surface area contributed by atoms with Gasteiger partial charge in [0.1, 0.15) is 17.2 Å². The van der Waals surface area contributed by atoms with Crippen molar-refractivity contribution in [3.8, 4) is 11.5 Å². The summed E-state index contributed by atoms with van der Waals surface area (Å²) in [6.45, 7) is 0.515. The number of carbonyl (C=O) groups excluding carboxylic acids is 1. The average Bonchev–Trinajstić information content (AvgIpc) is 3.03. The van der Waals surface area contributed by atoms with Gasteiger partial charge in [0.15, 0.2) is 0 Å². The maximum absolute atomic E-state index is 12.3. The molecule has 2 aromatic carbocycles. The normalized spacial score (nSPS) is 10.4. The number of aryl methyl sites for hydroxylation is 1. The van der Waals surface area contributed by atoms with Gasteiger partial charge in [-0.1, -0.05) is 30.3 Å². The van der Waals surface area contributed by atoms with Crippen molar-refractivity contribution < 1.29 is 9.53 Å². The highest BCUT2D eigenvalue weighted by Gasteiger charge is 2.14. The second-order valence-electron chi connectivity index (χ2n) is 5.59. The van der Waals surface area contributed by atoms with Crippen LogP contribution in [0.3, 0.4) is 0 Å². The lowest BCUT2D eigenvalue weighted by atomic mass is 10.2. The molecule has 24 heavy (non-hydrogen) atoms. The van der Waals surface area contributed by atoms with Crippen molar-refractivity contribution in [2.45, 2.75) is 6.54 Å². The zero-order valence-corrected chi connectivity index (χ0v) is 13.7. The SMILES string of the molecule is CN(Cc1ccc(Oc2ccccc2)cc1)C(=O)c1ccn(C)n1. The molecule has 1 amide bonds. The van der Waals surface area contributed by atoms with Crippen LogP contribution < -0.4 is 4.74 Å². The topological polar surface area (TPSA) is 47.4 Å². The van der Waals surface area contributed by atoms with E-state index in [1.54, 1.807) is 35.9 Å². The minimum atomic E-state index is -0.0970. The lowest BCUT2D eigenvalue weighted by molar-refractivity contribution is 0.0778. The summed E-state index contributed by atoms with van der Waals surface area (Å²) in [4.78, 5) is 13.9. The van der Waals surface area contributed by atoms with E-state index in [9.17, 15) is 4.79 Å². The van der Waals surface area contributed by atoms with E-state index < -0.39 is 0 Å². The minimum Gasteiger partial charge on any atom is -0.457 e. The third-order valence-corrected chi connectivity index (χ3v) is 3.60. The number of ether oxygens (including phenoxy) is 1. The van der Waals surface area contributed by atoms with Crippen LogP contribution in [0.2, 0.25) is 0 Å². The Morgan fingerprint density at radius 3 is 2.33 bits per heavy atom. The minimum absolute atomic E-state index is 0.0970. The largest absolute Gasteiger partial charge is 0.457 e. The van der Waals surface area contributed by atoms with E-state index >= 15 is 0 Å². The van der Waals surface area contributed by atoms with Gasteiger partial charge in [0, 0.05) is 26.8 Å². The number of amides is 1. The number of hydrogen-bond acceptors (Lipinski definition) is 3. The Bertz CT molecular complexity index is 810. The molecule has 5 heteroatoms. The van der Waals surface area contributed by atoms with Gasteiger partial charge in [-0.2, -0.15) is 5.10 Å². The standard InChI is InChI=1S/C19H19N3O2/c1-21(19(23)18-12-13-22(2)20-18)14-15-8-10-17(11-9-15)24-16-6-4-3-5-7-16/h3-13H,14H2,1-2H3. The zero-order valence-electron chi connectivity index (χ0n) is 13.7. The van der Waals surface area contributed by atoms with E-state index in [0.717, 1.165) is 17.1 Å². The highest BCUT2D eigenvalue weighted by Crippen LogP contribution is 2.21. The number of carbonyl (C=O) groups is 1. The molecule has 0 unspecified atom stereocenters. The molecule has 0 aliphatic rings. The second kappa shape index (κ2) is 7.00. The van der Waals surface area contributed by atoms with Crippen LogP contribution in [0.5, 0.6) is 11.5 Å². The molecule has 1 heterocycles. The average molecular weight is 321 g/mol. The molecule has 0 bridgehead atoms. The molecule has 5 nitrogen and oxygen atoms in total. The Hall–Kier alpha value is -3.08. The summed E-state index contributed by atoms with van der Waals surface area (Å²) in [5.74, 6) is 1.47. The van der Waals surface area contributed by atoms with Crippen LogP contribution in [0.25, 0.3) is 0 Å². The summed E-state index contributed by atoms with van der Waals surface area (Å²) in [6, 6.07) is 19.1. The predicted octanol–water partition coefficient (Wildman–Crippen LogP) is 3.48. The first kappa shape index (κ1) is 15.8. The molecule has 0 atom stereocenters.